The van der Waals surface area contributed by atoms with Gasteiger partial charge in [-0.15, -0.1) is 11.3 Å². The second-order valence-corrected chi connectivity index (χ2v) is 4.46. The summed E-state index contributed by atoms with van der Waals surface area (Å²) < 4.78 is 0. The molecule has 2 heterocycles. The number of aliphatic hydroxyl groups is 1. The molecule has 0 amide bonds. The zero-order valence-corrected chi connectivity index (χ0v) is 8.73. The summed E-state index contributed by atoms with van der Waals surface area (Å²) in [7, 11) is 0. The third-order valence-corrected chi connectivity index (χ3v) is 3.45. The topological polar surface area (TPSA) is 33.1 Å². The smallest absolute Gasteiger partial charge is 0.131 e. The standard InChI is InChI=1S/C9H9NOS2/c1-6-4-13-9(10-6)8(11)7-2-3-12-5-7/h2-5,8,11H,1H3. The number of hydrogen-bond acceptors (Lipinski definition) is 4. The number of hydrogen-bond donors (Lipinski definition) is 1. The van der Waals surface area contributed by atoms with E-state index in [4.69, 9.17) is 0 Å². The van der Waals surface area contributed by atoms with Gasteiger partial charge in [-0.2, -0.15) is 11.3 Å². The first-order valence-corrected chi connectivity index (χ1v) is 5.72. The Kier molecular flexibility index (Phi) is 2.44. The molecule has 1 N–H and O–H groups in total. The van der Waals surface area contributed by atoms with Gasteiger partial charge in [-0.05, 0) is 29.3 Å². The van der Waals surface area contributed by atoms with Crippen LogP contribution in [0.25, 0.3) is 0 Å². The minimum atomic E-state index is -0.551. The normalized spacial score (nSPS) is 13.1. The Bertz CT molecular complexity index is 380. The summed E-state index contributed by atoms with van der Waals surface area (Å²) >= 11 is 3.09. The lowest BCUT2D eigenvalue weighted by Gasteiger charge is -2.03. The maximum atomic E-state index is 9.85. The molecule has 0 aromatic carbocycles. The number of thiophene rings is 1. The number of aliphatic hydroxyl groups excluding tert-OH is 1. The van der Waals surface area contributed by atoms with Gasteiger partial charge in [0.1, 0.15) is 11.1 Å². The van der Waals surface area contributed by atoms with Gasteiger partial charge in [0.15, 0.2) is 0 Å². The Labute approximate surface area is 84.5 Å². The predicted octanol–water partition coefficient (Wildman–Crippen LogP) is 2.59. The van der Waals surface area contributed by atoms with Gasteiger partial charge >= 0.3 is 0 Å². The Hall–Kier alpha value is -0.710. The van der Waals surface area contributed by atoms with Crippen molar-refractivity contribution in [2.24, 2.45) is 0 Å². The van der Waals surface area contributed by atoms with Crippen molar-refractivity contribution in [2.75, 3.05) is 0 Å². The van der Waals surface area contributed by atoms with Gasteiger partial charge in [0.05, 0.1) is 0 Å². The van der Waals surface area contributed by atoms with Crippen LogP contribution in [-0.4, -0.2) is 10.1 Å². The zero-order valence-electron chi connectivity index (χ0n) is 7.10. The molecule has 68 valence electrons. The molecular weight excluding hydrogens is 202 g/mol. The molecule has 4 heteroatoms. The number of aromatic nitrogens is 1. The van der Waals surface area contributed by atoms with Gasteiger partial charge in [0.2, 0.25) is 0 Å². The van der Waals surface area contributed by atoms with Crippen LogP contribution in [0.15, 0.2) is 22.2 Å². The quantitative estimate of drug-likeness (QED) is 0.828. The molecule has 2 aromatic heterocycles. The molecule has 1 atom stereocenters. The number of thiazole rings is 1. The summed E-state index contributed by atoms with van der Waals surface area (Å²) in [5, 5.41) is 16.5. The van der Waals surface area contributed by atoms with Gasteiger partial charge in [-0.3, -0.25) is 0 Å². The first-order valence-electron chi connectivity index (χ1n) is 3.89. The Morgan fingerprint density at radius 2 is 2.31 bits per heavy atom. The molecular formula is C9H9NOS2. The van der Waals surface area contributed by atoms with E-state index < -0.39 is 6.10 Å². The van der Waals surface area contributed by atoms with Gasteiger partial charge in [-0.1, -0.05) is 0 Å². The fraction of sp³-hybridized carbons (Fsp3) is 0.222. The molecule has 0 aliphatic heterocycles. The summed E-state index contributed by atoms with van der Waals surface area (Å²) in [6.07, 6.45) is -0.551. The van der Waals surface area contributed by atoms with Crippen molar-refractivity contribution < 1.29 is 5.11 Å². The third kappa shape index (κ3) is 1.80. The molecule has 13 heavy (non-hydrogen) atoms. The van der Waals surface area contributed by atoms with Crippen LogP contribution in [0.3, 0.4) is 0 Å². The highest BCUT2D eigenvalue weighted by atomic mass is 32.1. The summed E-state index contributed by atoms with van der Waals surface area (Å²) in [6.45, 7) is 1.93. The number of nitrogens with zero attached hydrogens (tertiary/aromatic N) is 1. The monoisotopic (exact) mass is 211 g/mol. The van der Waals surface area contributed by atoms with E-state index in [0.29, 0.717) is 0 Å². The second-order valence-electron chi connectivity index (χ2n) is 2.79. The van der Waals surface area contributed by atoms with Crippen molar-refractivity contribution in [3.63, 3.8) is 0 Å². The van der Waals surface area contributed by atoms with Crippen molar-refractivity contribution in [3.05, 3.63) is 38.5 Å². The molecule has 0 saturated carbocycles. The summed E-state index contributed by atoms with van der Waals surface area (Å²) in [6, 6.07) is 1.92. The lowest BCUT2D eigenvalue weighted by Crippen LogP contribution is -1.96. The SMILES string of the molecule is Cc1csc(C(O)c2ccsc2)n1. The zero-order chi connectivity index (χ0) is 9.26. The van der Waals surface area contributed by atoms with Crippen LogP contribution in [0.1, 0.15) is 22.4 Å². The van der Waals surface area contributed by atoms with E-state index in [0.717, 1.165) is 16.3 Å². The Morgan fingerprint density at radius 3 is 2.85 bits per heavy atom. The van der Waals surface area contributed by atoms with Crippen molar-refractivity contribution in [1.29, 1.82) is 0 Å². The third-order valence-electron chi connectivity index (χ3n) is 1.73. The van der Waals surface area contributed by atoms with Crippen LogP contribution in [0.5, 0.6) is 0 Å². The van der Waals surface area contributed by atoms with Gasteiger partial charge in [0.25, 0.3) is 0 Å². The van der Waals surface area contributed by atoms with E-state index in [1.54, 1.807) is 11.3 Å². The molecule has 0 spiro atoms. The van der Waals surface area contributed by atoms with E-state index in [1.807, 2.05) is 29.1 Å². The average molecular weight is 211 g/mol. The van der Waals surface area contributed by atoms with Crippen LogP contribution < -0.4 is 0 Å². The first-order chi connectivity index (χ1) is 6.27. The highest BCUT2D eigenvalue weighted by Gasteiger charge is 2.13. The summed E-state index contributed by atoms with van der Waals surface area (Å²) in [5.74, 6) is 0. The van der Waals surface area contributed by atoms with E-state index >= 15 is 0 Å². The number of aryl methyl sites for hydroxylation is 1. The summed E-state index contributed by atoms with van der Waals surface area (Å²) in [4.78, 5) is 4.24. The lowest BCUT2D eigenvalue weighted by atomic mass is 10.2. The van der Waals surface area contributed by atoms with Crippen molar-refractivity contribution in [3.8, 4) is 0 Å². The second kappa shape index (κ2) is 3.57. The highest BCUT2D eigenvalue weighted by molar-refractivity contribution is 7.10. The summed E-state index contributed by atoms with van der Waals surface area (Å²) in [5.41, 5.74) is 1.90. The molecule has 0 bridgehead atoms. The van der Waals surface area contributed by atoms with Crippen LogP contribution in [0.2, 0.25) is 0 Å². The van der Waals surface area contributed by atoms with E-state index in [-0.39, 0.29) is 0 Å². The van der Waals surface area contributed by atoms with Crippen molar-refractivity contribution >= 4 is 22.7 Å². The van der Waals surface area contributed by atoms with Gasteiger partial charge in [0, 0.05) is 11.1 Å². The minimum Gasteiger partial charge on any atom is -0.381 e. The molecule has 0 saturated heterocycles. The minimum absolute atomic E-state index is 0.551. The van der Waals surface area contributed by atoms with Crippen LogP contribution >= 0.6 is 22.7 Å². The van der Waals surface area contributed by atoms with Gasteiger partial charge < -0.3 is 5.11 Å². The maximum Gasteiger partial charge on any atom is 0.131 e. The largest absolute Gasteiger partial charge is 0.381 e. The van der Waals surface area contributed by atoms with Crippen LogP contribution in [-0.2, 0) is 0 Å². The molecule has 2 rings (SSSR count). The fourth-order valence-corrected chi connectivity index (χ4v) is 2.56. The molecule has 0 radical (unpaired) electrons. The van der Waals surface area contributed by atoms with Gasteiger partial charge in [-0.25, -0.2) is 4.98 Å². The van der Waals surface area contributed by atoms with Crippen molar-refractivity contribution in [1.82, 2.24) is 4.98 Å². The Balaban J connectivity index is 2.28. The molecule has 2 aromatic rings. The molecule has 0 fully saturated rings. The lowest BCUT2D eigenvalue weighted by molar-refractivity contribution is 0.220. The van der Waals surface area contributed by atoms with E-state index in [9.17, 15) is 5.11 Å². The average Bonchev–Trinajstić information content (AvgIpc) is 2.72. The van der Waals surface area contributed by atoms with E-state index in [2.05, 4.69) is 4.98 Å². The molecule has 1 unspecified atom stereocenters. The fourth-order valence-electron chi connectivity index (χ4n) is 1.07. The number of rotatable bonds is 2. The molecule has 2 nitrogen and oxygen atoms in total. The van der Waals surface area contributed by atoms with Crippen LogP contribution in [0.4, 0.5) is 0 Å². The molecule has 0 aliphatic carbocycles. The maximum absolute atomic E-state index is 9.85. The predicted molar refractivity (Wildman–Crippen MR) is 55.2 cm³/mol. The Morgan fingerprint density at radius 1 is 1.46 bits per heavy atom. The first kappa shape index (κ1) is 8.87. The van der Waals surface area contributed by atoms with Crippen molar-refractivity contribution in [2.45, 2.75) is 13.0 Å². The highest BCUT2D eigenvalue weighted by Crippen LogP contribution is 2.25. The molecule has 0 aliphatic rings. The van der Waals surface area contributed by atoms with E-state index in [1.165, 1.54) is 11.3 Å². The van der Waals surface area contributed by atoms with Crippen LogP contribution in [0, 0.1) is 6.92 Å².